The van der Waals surface area contributed by atoms with Gasteiger partial charge in [-0.2, -0.15) is 0 Å². The molecule has 6 nitrogen and oxygen atoms in total. The van der Waals surface area contributed by atoms with Gasteiger partial charge in [0.1, 0.15) is 11.8 Å². The number of amides is 1. The Kier molecular flexibility index (Phi) is 7.52. The van der Waals surface area contributed by atoms with E-state index < -0.39 is 12.0 Å². The summed E-state index contributed by atoms with van der Waals surface area (Å²) in [6.45, 7) is 2.22. The lowest BCUT2D eigenvalue weighted by molar-refractivity contribution is -0.142. The molecule has 1 unspecified atom stereocenters. The van der Waals surface area contributed by atoms with Crippen molar-refractivity contribution in [2.24, 2.45) is 0 Å². The first-order valence-electron chi connectivity index (χ1n) is 7.07. The fourth-order valence-electron chi connectivity index (χ4n) is 1.94. The number of ether oxygens (including phenoxy) is 1. The van der Waals surface area contributed by atoms with E-state index in [9.17, 15) is 9.59 Å². The number of hydrogen-bond acceptors (Lipinski definition) is 4. The summed E-state index contributed by atoms with van der Waals surface area (Å²) < 4.78 is 5.19. The van der Waals surface area contributed by atoms with Crippen LogP contribution in [0.5, 0.6) is 5.75 Å². The van der Waals surface area contributed by atoms with Crippen LogP contribution in [0.2, 0.25) is 5.02 Å². The molecule has 7 heteroatoms. The second kappa shape index (κ2) is 9.15. The summed E-state index contributed by atoms with van der Waals surface area (Å²) in [5, 5.41) is 15.1. The Morgan fingerprint density at radius 1 is 1.41 bits per heavy atom. The van der Waals surface area contributed by atoms with Gasteiger partial charge >= 0.3 is 5.97 Å². The zero-order chi connectivity index (χ0) is 16.5. The van der Waals surface area contributed by atoms with Crippen LogP contribution < -0.4 is 15.4 Å². The highest BCUT2D eigenvalue weighted by Crippen LogP contribution is 2.27. The number of nitrogens with one attached hydrogen (secondary N) is 2. The van der Waals surface area contributed by atoms with E-state index in [1.54, 1.807) is 25.3 Å². The van der Waals surface area contributed by atoms with E-state index in [0.29, 0.717) is 35.8 Å². The summed E-state index contributed by atoms with van der Waals surface area (Å²) >= 11 is 5.91. The second-order valence-electron chi connectivity index (χ2n) is 4.77. The number of carboxylic acids is 1. The van der Waals surface area contributed by atoms with Crippen LogP contribution in [0.15, 0.2) is 18.2 Å². The molecule has 0 bridgehead atoms. The van der Waals surface area contributed by atoms with Gasteiger partial charge in [0.2, 0.25) is 5.91 Å². The Bertz CT molecular complexity index is 522. The molecule has 0 aromatic heterocycles. The van der Waals surface area contributed by atoms with Gasteiger partial charge in [-0.15, -0.1) is 0 Å². The smallest absolute Gasteiger partial charge is 0.326 e. The number of anilines is 1. The highest BCUT2D eigenvalue weighted by molar-refractivity contribution is 6.30. The maximum absolute atomic E-state index is 11.8. The Morgan fingerprint density at radius 2 is 2.14 bits per heavy atom. The lowest BCUT2D eigenvalue weighted by Gasteiger charge is -2.14. The standard InChI is InChI=1S/C15H21ClN2O4/c1-3-4-11(15(20)21)18-14(19)7-8-17-12-9-10(16)5-6-13(12)22-2/h5-6,9,11,17H,3-4,7-8H2,1-2H3,(H,18,19)(H,20,21). The molecule has 1 aromatic carbocycles. The summed E-state index contributed by atoms with van der Waals surface area (Å²) in [5.74, 6) is -0.701. The van der Waals surface area contributed by atoms with Gasteiger partial charge < -0.3 is 20.5 Å². The van der Waals surface area contributed by atoms with Crippen LogP contribution in [0.1, 0.15) is 26.2 Å². The van der Waals surface area contributed by atoms with Crippen LogP contribution in [0.3, 0.4) is 0 Å². The van der Waals surface area contributed by atoms with Crippen molar-refractivity contribution < 1.29 is 19.4 Å². The lowest BCUT2D eigenvalue weighted by Crippen LogP contribution is -2.41. The molecule has 0 spiro atoms. The van der Waals surface area contributed by atoms with Crippen LogP contribution >= 0.6 is 11.6 Å². The van der Waals surface area contributed by atoms with Crippen LogP contribution in [0.4, 0.5) is 5.69 Å². The maximum atomic E-state index is 11.8. The lowest BCUT2D eigenvalue weighted by atomic mass is 10.1. The number of carbonyl (C=O) groups is 2. The summed E-state index contributed by atoms with van der Waals surface area (Å²) in [6, 6.07) is 4.31. The largest absolute Gasteiger partial charge is 0.495 e. The minimum Gasteiger partial charge on any atom is -0.495 e. The number of rotatable bonds is 9. The zero-order valence-electron chi connectivity index (χ0n) is 12.7. The fourth-order valence-corrected chi connectivity index (χ4v) is 2.11. The zero-order valence-corrected chi connectivity index (χ0v) is 13.4. The van der Waals surface area contributed by atoms with Crippen molar-refractivity contribution in [2.75, 3.05) is 19.0 Å². The van der Waals surface area contributed by atoms with Crippen molar-refractivity contribution in [1.82, 2.24) is 5.32 Å². The van der Waals surface area contributed by atoms with E-state index in [4.69, 9.17) is 21.4 Å². The third-order valence-corrected chi connectivity index (χ3v) is 3.27. The van der Waals surface area contributed by atoms with Gasteiger partial charge in [-0.1, -0.05) is 24.9 Å². The number of aliphatic carboxylic acids is 1. The second-order valence-corrected chi connectivity index (χ2v) is 5.20. The quantitative estimate of drug-likeness (QED) is 0.648. The maximum Gasteiger partial charge on any atom is 0.326 e. The van der Waals surface area contributed by atoms with Crippen molar-refractivity contribution in [1.29, 1.82) is 0 Å². The third-order valence-electron chi connectivity index (χ3n) is 3.04. The van der Waals surface area contributed by atoms with Gasteiger partial charge in [0.05, 0.1) is 12.8 Å². The van der Waals surface area contributed by atoms with Crippen LogP contribution in [-0.4, -0.2) is 36.7 Å². The Hall–Kier alpha value is -1.95. The first kappa shape index (κ1) is 18.1. The van der Waals surface area contributed by atoms with E-state index in [1.165, 1.54) is 0 Å². The van der Waals surface area contributed by atoms with Gasteiger partial charge in [0.25, 0.3) is 0 Å². The molecule has 122 valence electrons. The average Bonchev–Trinajstić information content (AvgIpc) is 2.47. The third kappa shape index (κ3) is 5.81. The van der Waals surface area contributed by atoms with Crippen molar-refractivity contribution >= 4 is 29.2 Å². The number of carboxylic acid groups (broad SMARTS) is 1. The summed E-state index contributed by atoms with van der Waals surface area (Å²) in [4.78, 5) is 22.8. The molecule has 0 aliphatic rings. The van der Waals surface area contributed by atoms with Crippen LogP contribution in [0, 0.1) is 0 Å². The molecule has 0 radical (unpaired) electrons. The molecule has 1 aromatic rings. The molecule has 0 heterocycles. The molecule has 1 atom stereocenters. The summed E-state index contributed by atoms with van der Waals surface area (Å²) in [5.41, 5.74) is 0.686. The highest BCUT2D eigenvalue weighted by Gasteiger charge is 2.18. The normalized spacial score (nSPS) is 11.6. The molecule has 0 fully saturated rings. The van der Waals surface area contributed by atoms with Crippen LogP contribution in [0.25, 0.3) is 0 Å². The van der Waals surface area contributed by atoms with Gasteiger partial charge in [0, 0.05) is 18.0 Å². The molecule has 0 aliphatic heterocycles. The molecule has 0 saturated heterocycles. The Balaban J connectivity index is 2.48. The average molecular weight is 329 g/mol. The Morgan fingerprint density at radius 3 is 2.73 bits per heavy atom. The Labute approximate surface area is 134 Å². The summed E-state index contributed by atoms with van der Waals surface area (Å²) in [7, 11) is 1.54. The highest BCUT2D eigenvalue weighted by atomic mass is 35.5. The molecule has 3 N–H and O–H groups in total. The molecule has 22 heavy (non-hydrogen) atoms. The molecular weight excluding hydrogens is 308 g/mol. The van der Waals surface area contributed by atoms with Crippen molar-refractivity contribution in [3.8, 4) is 5.75 Å². The SMILES string of the molecule is CCCC(NC(=O)CCNc1cc(Cl)ccc1OC)C(=O)O. The van der Waals surface area contributed by atoms with Gasteiger partial charge in [-0.3, -0.25) is 4.79 Å². The van der Waals surface area contributed by atoms with Crippen molar-refractivity contribution in [3.63, 3.8) is 0 Å². The first-order chi connectivity index (χ1) is 10.5. The number of benzene rings is 1. The predicted molar refractivity (Wildman–Crippen MR) is 85.6 cm³/mol. The van der Waals surface area contributed by atoms with Gasteiger partial charge in [-0.25, -0.2) is 4.79 Å². The molecule has 0 aliphatic carbocycles. The van der Waals surface area contributed by atoms with Crippen molar-refractivity contribution in [3.05, 3.63) is 23.2 Å². The minimum atomic E-state index is -1.01. The number of carbonyl (C=O) groups excluding carboxylic acids is 1. The number of hydrogen-bond donors (Lipinski definition) is 3. The van der Waals surface area contributed by atoms with Gasteiger partial charge in [-0.05, 0) is 24.6 Å². The number of methoxy groups -OCH3 is 1. The number of halogens is 1. The van der Waals surface area contributed by atoms with E-state index in [-0.39, 0.29) is 12.3 Å². The van der Waals surface area contributed by atoms with E-state index in [0.717, 1.165) is 0 Å². The van der Waals surface area contributed by atoms with Crippen LogP contribution in [-0.2, 0) is 9.59 Å². The minimum absolute atomic E-state index is 0.156. The monoisotopic (exact) mass is 328 g/mol. The molecule has 1 amide bonds. The van der Waals surface area contributed by atoms with Gasteiger partial charge in [0.15, 0.2) is 0 Å². The molecule has 1 rings (SSSR count). The summed E-state index contributed by atoms with van der Waals surface area (Å²) in [6.07, 6.45) is 1.26. The topological polar surface area (TPSA) is 87.7 Å². The van der Waals surface area contributed by atoms with E-state index in [1.807, 2.05) is 6.92 Å². The predicted octanol–water partition coefficient (Wildman–Crippen LogP) is 2.52. The molecular formula is C15H21ClN2O4. The van der Waals surface area contributed by atoms with E-state index >= 15 is 0 Å². The first-order valence-corrected chi connectivity index (χ1v) is 7.45. The molecule has 0 saturated carbocycles. The van der Waals surface area contributed by atoms with Crippen molar-refractivity contribution in [2.45, 2.75) is 32.2 Å². The fraction of sp³-hybridized carbons (Fsp3) is 0.467. The van der Waals surface area contributed by atoms with E-state index in [2.05, 4.69) is 10.6 Å².